The number of para-hydroxylation sites is 1. The number of hydrogen-bond acceptors (Lipinski definition) is 2. The van der Waals surface area contributed by atoms with Crippen LogP contribution in [0.4, 0.5) is 5.69 Å². The molecule has 2 rings (SSSR count). The van der Waals surface area contributed by atoms with E-state index in [1.165, 1.54) is 5.56 Å². The molecule has 1 aliphatic rings. The van der Waals surface area contributed by atoms with Crippen molar-refractivity contribution in [3.05, 3.63) is 35.9 Å². The van der Waals surface area contributed by atoms with E-state index in [4.69, 9.17) is 0 Å². The van der Waals surface area contributed by atoms with Crippen molar-refractivity contribution in [2.24, 2.45) is 5.10 Å². The lowest BCUT2D eigenvalue weighted by atomic mass is 10.2. The molecule has 1 aliphatic heterocycles. The number of fused-ring (bicyclic) bond motifs is 1. The Morgan fingerprint density at radius 1 is 1.08 bits per heavy atom. The van der Waals surface area contributed by atoms with E-state index in [1.807, 2.05) is 36.4 Å². The Morgan fingerprint density at radius 3 is 2.69 bits per heavy atom. The molecule has 13 heavy (non-hydrogen) atoms. The molecule has 1 heterocycles. The molecule has 0 aromatic heterocycles. The van der Waals surface area contributed by atoms with E-state index < -0.39 is 0 Å². The topological polar surface area (TPSA) is 24.4 Å². The van der Waals surface area contributed by atoms with E-state index in [9.17, 15) is 0 Å². The average Bonchev–Trinajstić information content (AvgIpc) is 2.28. The Morgan fingerprint density at radius 2 is 1.85 bits per heavy atom. The number of hydrogen-bond donors (Lipinski definition) is 1. The monoisotopic (exact) mass is 304 g/mol. The molecule has 0 saturated carbocycles. The van der Waals surface area contributed by atoms with E-state index in [0.29, 0.717) is 0 Å². The van der Waals surface area contributed by atoms with Crippen molar-refractivity contribution >= 4 is 51.9 Å². The van der Waals surface area contributed by atoms with Crippen molar-refractivity contribution < 1.29 is 0 Å². The maximum Gasteiger partial charge on any atom is 0.0634 e. The quantitative estimate of drug-likeness (QED) is 0.781. The lowest BCUT2D eigenvalue weighted by molar-refractivity contribution is 1.36. The molecule has 0 amide bonds. The van der Waals surface area contributed by atoms with Crippen LogP contribution in [0.25, 0.3) is 6.08 Å². The minimum absolute atomic E-state index is 0. The summed E-state index contributed by atoms with van der Waals surface area (Å²) in [5.74, 6) is 0. The van der Waals surface area contributed by atoms with Gasteiger partial charge < -0.3 is 0 Å². The smallest absolute Gasteiger partial charge is 0.0634 e. The van der Waals surface area contributed by atoms with E-state index in [0.717, 1.165) is 5.69 Å². The van der Waals surface area contributed by atoms with Crippen LogP contribution in [0.2, 0.25) is 0 Å². The van der Waals surface area contributed by atoms with Gasteiger partial charge in [-0.15, -0.1) is 34.0 Å². The molecule has 0 aliphatic carbocycles. The first-order valence-electron chi connectivity index (χ1n) is 3.51. The van der Waals surface area contributed by atoms with Gasteiger partial charge in [0.15, 0.2) is 0 Å². The molecule has 0 fully saturated rings. The van der Waals surface area contributed by atoms with Gasteiger partial charge in [0.2, 0.25) is 0 Å². The Balaban J connectivity index is 0.000000720. The number of nitrogens with one attached hydrogen (secondary N) is 1. The van der Waals surface area contributed by atoms with Crippen molar-refractivity contribution in [1.82, 2.24) is 0 Å². The van der Waals surface area contributed by atoms with Crippen LogP contribution in [0.1, 0.15) is 5.56 Å². The maximum atomic E-state index is 3.95. The fraction of sp³-hybridized carbons (Fsp3) is 0. The van der Waals surface area contributed by atoms with E-state index in [1.54, 1.807) is 6.21 Å². The summed E-state index contributed by atoms with van der Waals surface area (Å²) in [6, 6.07) is 8.05. The second-order valence-electron chi connectivity index (χ2n) is 2.34. The van der Waals surface area contributed by atoms with E-state index in [-0.39, 0.29) is 34.0 Å². The highest BCUT2D eigenvalue weighted by Gasteiger charge is 1.96. The normalized spacial score (nSPS) is 11.4. The molecular formula is C9H10Br2N2. The third kappa shape index (κ3) is 2.97. The Hall–Kier alpha value is -0.610. The summed E-state index contributed by atoms with van der Waals surface area (Å²) < 4.78 is 0. The Bertz CT molecular complexity index is 321. The molecule has 4 heteroatoms. The van der Waals surface area contributed by atoms with Gasteiger partial charge in [-0.05, 0) is 17.7 Å². The molecule has 1 aromatic rings. The van der Waals surface area contributed by atoms with Gasteiger partial charge in [-0.1, -0.05) is 24.3 Å². The summed E-state index contributed by atoms with van der Waals surface area (Å²) in [5, 5.41) is 3.95. The van der Waals surface area contributed by atoms with Crippen LogP contribution in [0, 0.1) is 0 Å². The predicted octanol–water partition coefficient (Wildman–Crippen LogP) is 3.27. The van der Waals surface area contributed by atoms with Crippen LogP contribution < -0.4 is 5.43 Å². The highest BCUT2D eigenvalue weighted by atomic mass is 79.9. The van der Waals surface area contributed by atoms with Gasteiger partial charge in [0.1, 0.15) is 0 Å². The largest absolute Gasteiger partial charge is 0.278 e. The molecule has 1 N–H and O–H groups in total. The van der Waals surface area contributed by atoms with Gasteiger partial charge in [-0.2, -0.15) is 5.10 Å². The van der Waals surface area contributed by atoms with Crippen LogP contribution in [0.5, 0.6) is 0 Å². The maximum absolute atomic E-state index is 3.95. The number of benzene rings is 1. The lowest BCUT2D eigenvalue weighted by Crippen LogP contribution is -1.87. The number of allylic oxidation sites excluding steroid dienone is 1. The number of rotatable bonds is 0. The van der Waals surface area contributed by atoms with Crippen molar-refractivity contribution in [2.75, 3.05) is 5.43 Å². The zero-order valence-corrected chi connectivity index (χ0v) is 10.2. The summed E-state index contributed by atoms with van der Waals surface area (Å²) in [4.78, 5) is 0. The first kappa shape index (κ1) is 12.4. The molecule has 70 valence electrons. The van der Waals surface area contributed by atoms with Gasteiger partial charge in [0.25, 0.3) is 0 Å². The van der Waals surface area contributed by atoms with E-state index in [2.05, 4.69) is 10.5 Å². The highest BCUT2D eigenvalue weighted by molar-refractivity contribution is 8.93. The molecule has 0 unspecified atom stereocenters. The summed E-state index contributed by atoms with van der Waals surface area (Å²) in [6.45, 7) is 0. The Labute approximate surface area is 98.3 Å². The molecule has 0 bridgehead atoms. The lowest BCUT2D eigenvalue weighted by Gasteiger charge is -2.00. The third-order valence-corrected chi connectivity index (χ3v) is 1.58. The highest BCUT2D eigenvalue weighted by Crippen LogP contribution is 2.17. The number of nitrogens with zero attached hydrogens (tertiary/aromatic N) is 1. The molecule has 0 saturated heterocycles. The van der Waals surface area contributed by atoms with Gasteiger partial charge >= 0.3 is 0 Å². The van der Waals surface area contributed by atoms with Crippen LogP contribution in [-0.2, 0) is 0 Å². The second-order valence-corrected chi connectivity index (χ2v) is 2.34. The minimum Gasteiger partial charge on any atom is -0.278 e. The van der Waals surface area contributed by atoms with Crippen LogP contribution >= 0.6 is 34.0 Å². The zero-order chi connectivity index (χ0) is 7.52. The van der Waals surface area contributed by atoms with Gasteiger partial charge in [0.05, 0.1) is 5.69 Å². The van der Waals surface area contributed by atoms with Crippen molar-refractivity contribution in [2.45, 2.75) is 0 Å². The van der Waals surface area contributed by atoms with Crippen molar-refractivity contribution in [3.63, 3.8) is 0 Å². The van der Waals surface area contributed by atoms with Gasteiger partial charge in [0, 0.05) is 6.21 Å². The molecule has 0 spiro atoms. The number of hydrazone groups is 1. The average molecular weight is 306 g/mol. The standard InChI is InChI=1S/C9H8N2.2BrH/c1-2-6-9-8(4-1)5-3-7-10-11-9;;/h1-7,11H;2*1H. The fourth-order valence-corrected chi connectivity index (χ4v) is 1.04. The molecule has 0 radical (unpaired) electrons. The SMILES string of the molecule is Br.Br.C1=Cc2ccccc2NN=C1. The zero-order valence-electron chi connectivity index (χ0n) is 6.81. The van der Waals surface area contributed by atoms with Crippen LogP contribution in [0.3, 0.4) is 0 Å². The summed E-state index contributed by atoms with van der Waals surface area (Å²) in [5.41, 5.74) is 5.16. The van der Waals surface area contributed by atoms with Gasteiger partial charge in [-0.3, -0.25) is 5.43 Å². The minimum atomic E-state index is 0. The first-order chi connectivity index (χ1) is 5.47. The molecular weight excluding hydrogens is 296 g/mol. The first-order valence-corrected chi connectivity index (χ1v) is 3.51. The predicted molar refractivity (Wildman–Crippen MR) is 68.2 cm³/mol. The fourth-order valence-electron chi connectivity index (χ4n) is 1.04. The van der Waals surface area contributed by atoms with Crippen molar-refractivity contribution in [3.8, 4) is 0 Å². The molecule has 2 nitrogen and oxygen atoms in total. The third-order valence-electron chi connectivity index (χ3n) is 1.58. The molecule has 1 aromatic carbocycles. The van der Waals surface area contributed by atoms with Crippen molar-refractivity contribution in [1.29, 1.82) is 0 Å². The summed E-state index contributed by atoms with van der Waals surface area (Å²) >= 11 is 0. The summed E-state index contributed by atoms with van der Waals surface area (Å²) in [7, 11) is 0. The second kappa shape index (κ2) is 5.94. The number of halogens is 2. The summed E-state index contributed by atoms with van der Waals surface area (Å²) in [6.07, 6.45) is 5.68. The van der Waals surface area contributed by atoms with Gasteiger partial charge in [-0.25, -0.2) is 0 Å². The van der Waals surface area contributed by atoms with Crippen LogP contribution in [-0.4, -0.2) is 6.21 Å². The number of anilines is 1. The van der Waals surface area contributed by atoms with E-state index >= 15 is 0 Å². The van der Waals surface area contributed by atoms with Crippen LogP contribution in [0.15, 0.2) is 35.4 Å². The Kier molecular flexibility index (Phi) is 5.66. The molecule has 0 atom stereocenters.